The van der Waals surface area contributed by atoms with Crippen LogP contribution in [0.1, 0.15) is 25.0 Å². The number of fused-ring (bicyclic) bond motifs is 5. The van der Waals surface area contributed by atoms with Crippen LogP contribution in [0.4, 0.5) is 0 Å². The van der Waals surface area contributed by atoms with Gasteiger partial charge in [0.15, 0.2) is 0 Å². The molecule has 0 fully saturated rings. The highest BCUT2D eigenvalue weighted by atomic mass is 14.4. The molecular formula is C45H30. The van der Waals surface area contributed by atoms with Crippen LogP contribution in [-0.4, -0.2) is 0 Å². The molecule has 1 aliphatic rings. The van der Waals surface area contributed by atoms with Gasteiger partial charge in [-0.25, -0.2) is 0 Å². The van der Waals surface area contributed by atoms with Crippen LogP contribution in [-0.2, 0) is 5.41 Å². The van der Waals surface area contributed by atoms with Crippen molar-refractivity contribution in [3.63, 3.8) is 0 Å². The van der Waals surface area contributed by atoms with Gasteiger partial charge in [-0.15, -0.1) is 0 Å². The second-order valence-electron chi connectivity index (χ2n) is 13.4. The average Bonchev–Trinajstić information content (AvgIpc) is 3.30. The van der Waals surface area contributed by atoms with E-state index < -0.39 is 0 Å². The molecule has 0 aliphatic heterocycles. The number of hydrogen-bond acceptors (Lipinski definition) is 0. The maximum atomic E-state index is 2.50. The van der Waals surface area contributed by atoms with Crippen molar-refractivity contribution in [2.75, 3.05) is 0 Å². The summed E-state index contributed by atoms with van der Waals surface area (Å²) in [7, 11) is 0. The van der Waals surface area contributed by atoms with Crippen molar-refractivity contribution < 1.29 is 0 Å². The first kappa shape index (κ1) is 24.9. The van der Waals surface area contributed by atoms with Gasteiger partial charge < -0.3 is 0 Å². The van der Waals surface area contributed by atoms with Crippen molar-refractivity contribution in [3.8, 4) is 33.4 Å². The summed E-state index contributed by atoms with van der Waals surface area (Å²) in [6.45, 7) is 4.82. The van der Waals surface area contributed by atoms with Gasteiger partial charge in [-0.1, -0.05) is 123 Å². The minimum atomic E-state index is -0.143. The minimum Gasteiger partial charge on any atom is -0.0616 e. The van der Waals surface area contributed by atoms with E-state index in [-0.39, 0.29) is 5.41 Å². The third kappa shape index (κ3) is 3.43. The van der Waals surface area contributed by atoms with Crippen LogP contribution in [0.3, 0.4) is 0 Å². The number of benzene rings is 9. The zero-order valence-electron chi connectivity index (χ0n) is 25.4. The van der Waals surface area contributed by atoms with Crippen LogP contribution in [0, 0.1) is 0 Å². The Morgan fingerprint density at radius 3 is 1.76 bits per heavy atom. The molecule has 10 rings (SSSR count). The Bertz CT molecular complexity index is 2670. The molecular weight excluding hydrogens is 540 g/mol. The predicted molar refractivity (Wildman–Crippen MR) is 194 cm³/mol. The standard InChI is InChI=1S/C45H30/c1-45(2)40-25-32-12-6-5-11-31(32)22-39(40)44-38(33-20-17-27-9-3-4-10-30(27)21-33)24-35(26-41(44)45)37-23-34-15-7-13-28-18-19-29-14-8-16-36(37)43(29)42(28)34/h3-26H,1-2H3. The Morgan fingerprint density at radius 2 is 0.956 bits per heavy atom. The molecule has 0 aromatic heterocycles. The van der Waals surface area contributed by atoms with Crippen molar-refractivity contribution in [3.05, 3.63) is 157 Å². The van der Waals surface area contributed by atoms with E-state index >= 15 is 0 Å². The number of hydrogen-bond donors (Lipinski definition) is 0. The summed E-state index contributed by atoms with van der Waals surface area (Å²) >= 11 is 0. The predicted octanol–water partition coefficient (Wildman–Crippen LogP) is 12.5. The third-order valence-electron chi connectivity index (χ3n) is 10.5. The first-order chi connectivity index (χ1) is 22.0. The van der Waals surface area contributed by atoms with Crippen LogP contribution in [0.25, 0.3) is 87.2 Å². The molecule has 0 atom stereocenters. The van der Waals surface area contributed by atoms with Crippen LogP contribution < -0.4 is 0 Å². The van der Waals surface area contributed by atoms with E-state index in [2.05, 4.69) is 159 Å². The fourth-order valence-electron chi connectivity index (χ4n) is 8.28. The fraction of sp³-hybridized carbons (Fsp3) is 0.0667. The van der Waals surface area contributed by atoms with Gasteiger partial charge in [0.1, 0.15) is 0 Å². The molecule has 0 unspecified atom stereocenters. The van der Waals surface area contributed by atoms with E-state index in [1.807, 2.05) is 0 Å². The van der Waals surface area contributed by atoms with Crippen molar-refractivity contribution in [2.24, 2.45) is 0 Å². The molecule has 0 bridgehead atoms. The van der Waals surface area contributed by atoms with Gasteiger partial charge in [0.05, 0.1) is 0 Å². The zero-order valence-corrected chi connectivity index (χ0v) is 25.4. The van der Waals surface area contributed by atoms with Gasteiger partial charge in [0.2, 0.25) is 0 Å². The summed E-state index contributed by atoms with van der Waals surface area (Å²) in [5, 5.41) is 13.1. The van der Waals surface area contributed by atoms with Gasteiger partial charge in [-0.3, -0.25) is 0 Å². The van der Waals surface area contributed by atoms with Crippen LogP contribution in [0.15, 0.2) is 146 Å². The molecule has 0 heteroatoms. The molecule has 45 heavy (non-hydrogen) atoms. The van der Waals surface area contributed by atoms with Crippen LogP contribution >= 0.6 is 0 Å². The Balaban J connectivity index is 1.34. The van der Waals surface area contributed by atoms with Gasteiger partial charge in [-0.05, 0) is 135 Å². The molecule has 9 aromatic carbocycles. The molecule has 210 valence electrons. The summed E-state index contributed by atoms with van der Waals surface area (Å²) < 4.78 is 0. The molecule has 9 aromatic rings. The van der Waals surface area contributed by atoms with Crippen LogP contribution in [0.5, 0.6) is 0 Å². The summed E-state index contributed by atoms with van der Waals surface area (Å²) in [5.41, 5.74) is 10.5. The lowest BCUT2D eigenvalue weighted by atomic mass is 9.79. The Labute approximate surface area is 262 Å². The van der Waals surface area contributed by atoms with Crippen molar-refractivity contribution >= 4 is 53.9 Å². The Hall–Kier alpha value is -5.46. The second-order valence-corrected chi connectivity index (χ2v) is 13.4. The summed E-state index contributed by atoms with van der Waals surface area (Å²) in [4.78, 5) is 0. The normalized spacial score (nSPS) is 13.7. The molecule has 0 heterocycles. The fourth-order valence-corrected chi connectivity index (χ4v) is 8.28. The minimum absolute atomic E-state index is 0.143. The first-order valence-corrected chi connectivity index (χ1v) is 15.9. The molecule has 0 nitrogen and oxygen atoms in total. The maximum Gasteiger partial charge on any atom is 0.0159 e. The lowest BCUT2D eigenvalue weighted by molar-refractivity contribution is 0.661. The van der Waals surface area contributed by atoms with Gasteiger partial charge >= 0.3 is 0 Å². The molecule has 1 aliphatic carbocycles. The van der Waals surface area contributed by atoms with E-state index in [0.29, 0.717) is 0 Å². The molecule has 0 spiro atoms. The van der Waals surface area contributed by atoms with E-state index in [1.54, 1.807) is 0 Å². The molecule has 0 saturated heterocycles. The van der Waals surface area contributed by atoms with E-state index in [9.17, 15) is 0 Å². The smallest absolute Gasteiger partial charge is 0.0159 e. The van der Waals surface area contributed by atoms with Gasteiger partial charge in [0, 0.05) is 5.41 Å². The van der Waals surface area contributed by atoms with Gasteiger partial charge in [-0.2, -0.15) is 0 Å². The quantitative estimate of drug-likeness (QED) is 0.181. The molecule has 0 radical (unpaired) electrons. The third-order valence-corrected chi connectivity index (χ3v) is 10.5. The summed E-state index contributed by atoms with van der Waals surface area (Å²) in [5.74, 6) is 0. The van der Waals surface area contributed by atoms with Crippen molar-refractivity contribution in [1.82, 2.24) is 0 Å². The van der Waals surface area contributed by atoms with E-state index in [1.165, 1.54) is 98.4 Å². The van der Waals surface area contributed by atoms with Gasteiger partial charge in [0.25, 0.3) is 0 Å². The summed E-state index contributed by atoms with van der Waals surface area (Å²) in [6, 6.07) is 54.8. The molecule has 0 amide bonds. The van der Waals surface area contributed by atoms with Crippen molar-refractivity contribution in [1.29, 1.82) is 0 Å². The second kappa shape index (κ2) is 8.80. The first-order valence-electron chi connectivity index (χ1n) is 15.9. The maximum absolute atomic E-state index is 2.50. The lowest BCUT2D eigenvalue weighted by Gasteiger charge is -2.24. The highest BCUT2D eigenvalue weighted by Gasteiger charge is 2.38. The van der Waals surface area contributed by atoms with Crippen molar-refractivity contribution in [2.45, 2.75) is 19.3 Å². The largest absolute Gasteiger partial charge is 0.0616 e. The van der Waals surface area contributed by atoms with Crippen LogP contribution in [0.2, 0.25) is 0 Å². The number of rotatable bonds is 2. The Morgan fingerprint density at radius 1 is 0.356 bits per heavy atom. The highest BCUT2D eigenvalue weighted by molar-refractivity contribution is 6.26. The Kier molecular flexibility index (Phi) is 4.88. The lowest BCUT2D eigenvalue weighted by Crippen LogP contribution is -2.15. The average molecular weight is 571 g/mol. The topological polar surface area (TPSA) is 0 Å². The SMILES string of the molecule is CC1(C)c2cc3ccccc3cc2-c2c(-c3ccc4ccccc4c3)cc(-c3cc4cccc5ccc6cccc3c6c54)cc21. The zero-order chi connectivity index (χ0) is 29.9. The monoisotopic (exact) mass is 570 g/mol. The summed E-state index contributed by atoms with van der Waals surface area (Å²) in [6.07, 6.45) is 0. The molecule has 0 N–H and O–H groups in total. The molecule has 0 saturated carbocycles. The van der Waals surface area contributed by atoms with E-state index in [4.69, 9.17) is 0 Å². The highest BCUT2D eigenvalue weighted by Crippen LogP contribution is 2.55. The van der Waals surface area contributed by atoms with E-state index in [0.717, 1.165) is 0 Å².